The van der Waals surface area contributed by atoms with Gasteiger partial charge in [0.1, 0.15) is 0 Å². The highest BCUT2D eigenvalue weighted by Crippen LogP contribution is 2.16. The molecule has 0 atom stereocenters. The Bertz CT molecular complexity index is 416. The van der Waals surface area contributed by atoms with Crippen LogP contribution in [0.25, 0.3) is 0 Å². The summed E-state index contributed by atoms with van der Waals surface area (Å²) in [6.07, 6.45) is 2.29. The van der Waals surface area contributed by atoms with Gasteiger partial charge in [0.25, 0.3) is 5.91 Å². The second-order valence-corrected chi connectivity index (χ2v) is 5.33. The van der Waals surface area contributed by atoms with Crippen molar-refractivity contribution in [2.24, 2.45) is 5.92 Å². The maximum Gasteiger partial charge on any atom is 0.253 e. The highest BCUT2D eigenvalue weighted by atomic mass is 35.5. The minimum absolute atomic E-state index is 0.0519. The van der Waals surface area contributed by atoms with Crippen molar-refractivity contribution in [2.45, 2.75) is 12.8 Å². The molecule has 1 aliphatic rings. The van der Waals surface area contributed by atoms with E-state index in [1.165, 1.54) is 0 Å². The van der Waals surface area contributed by atoms with Crippen LogP contribution in [0.4, 0.5) is 0 Å². The molecule has 18 heavy (non-hydrogen) atoms. The van der Waals surface area contributed by atoms with Gasteiger partial charge < -0.3 is 10.2 Å². The molecule has 1 fully saturated rings. The summed E-state index contributed by atoms with van der Waals surface area (Å²) < 4.78 is 0. The summed E-state index contributed by atoms with van der Waals surface area (Å²) >= 11 is 5.91. The van der Waals surface area contributed by atoms with E-state index in [9.17, 15) is 4.79 Å². The molecule has 1 N–H and O–H groups in total. The van der Waals surface area contributed by atoms with Crippen LogP contribution in [0.2, 0.25) is 5.02 Å². The van der Waals surface area contributed by atoms with Crippen LogP contribution in [0.15, 0.2) is 24.3 Å². The maximum absolute atomic E-state index is 12.2. The lowest BCUT2D eigenvalue weighted by Crippen LogP contribution is -2.37. The number of nitrogens with zero attached hydrogens (tertiary/aromatic N) is 1. The highest BCUT2D eigenvalue weighted by Gasteiger charge is 2.18. The Morgan fingerprint density at radius 2 is 2.17 bits per heavy atom. The van der Waals surface area contributed by atoms with Crippen LogP contribution in [0.1, 0.15) is 23.2 Å². The number of hydrogen-bond acceptors (Lipinski definition) is 2. The smallest absolute Gasteiger partial charge is 0.253 e. The normalized spacial score (nSPS) is 16.6. The highest BCUT2D eigenvalue weighted by molar-refractivity contribution is 6.30. The summed E-state index contributed by atoms with van der Waals surface area (Å²) in [5, 5.41) is 3.94. The second-order valence-electron chi connectivity index (χ2n) is 4.89. The Morgan fingerprint density at radius 3 is 2.83 bits per heavy atom. The van der Waals surface area contributed by atoms with Gasteiger partial charge in [-0.05, 0) is 50.0 Å². The van der Waals surface area contributed by atoms with Crippen molar-refractivity contribution in [2.75, 3.05) is 26.7 Å². The first-order chi connectivity index (χ1) is 8.66. The van der Waals surface area contributed by atoms with Gasteiger partial charge in [0, 0.05) is 24.2 Å². The van der Waals surface area contributed by atoms with E-state index in [2.05, 4.69) is 5.32 Å². The number of nitrogens with one attached hydrogen (secondary N) is 1. The summed E-state index contributed by atoms with van der Waals surface area (Å²) in [6.45, 7) is 2.95. The Labute approximate surface area is 113 Å². The number of rotatable bonds is 3. The van der Waals surface area contributed by atoms with Crippen LogP contribution in [-0.2, 0) is 0 Å². The van der Waals surface area contributed by atoms with Crippen molar-refractivity contribution in [1.29, 1.82) is 0 Å². The van der Waals surface area contributed by atoms with E-state index < -0.39 is 0 Å². The summed E-state index contributed by atoms with van der Waals surface area (Å²) in [5.41, 5.74) is 0.666. The molecule has 0 spiro atoms. The monoisotopic (exact) mass is 266 g/mol. The summed E-state index contributed by atoms with van der Waals surface area (Å²) in [6, 6.07) is 7.13. The topological polar surface area (TPSA) is 32.3 Å². The number of carbonyl (C=O) groups excluding carboxylic acids is 1. The van der Waals surface area contributed by atoms with E-state index in [1.807, 2.05) is 24.1 Å². The molecule has 0 bridgehead atoms. The molecule has 4 heteroatoms. The predicted molar refractivity (Wildman–Crippen MR) is 74.0 cm³/mol. The van der Waals surface area contributed by atoms with E-state index in [0.717, 1.165) is 32.5 Å². The van der Waals surface area contributed by atoms with E-state index in [4.69, 9.17) is 11.6 Å². The fourth-order valence-electron chi connectivity index (χ4n) is 2.38. The predicted octanol–water partition coefficient (Wildman–Crippen LogP) is 2.41. The average molecular weight is 267 g/mol. The van der Waals surface area contributed by atoms with Crippen molar-refractivity contribution in [3.05, 3.63) is 34.9 Å². The minimum Gasteiger partial charge on any atom is -0.341 e. The minimum atomic E-state index is 0.0519. The van der Waals surface area contributed by atoms with Crippen molar-refractivity contribution in [1.82, 2.24) is 10.2 Å². The van der Waals surface area contributed by atoms with E-state index in [1.54, 1.807) is 12.1 Å². The van der Waals surface area contributed by atoms with Crippen LogP contribution in [0.3, 0.4) is 0 Å². The Balaban J connectivity index is 1.95. The first kappa shape index (κ1) is 13.4. The first-order valence-electron chi connectivity index (χ1n) is 6.38. The van der Waals surface area contributed by atoms with Gasteiger partial charge in [-0.25, -0.2) is 0 Å². The number of amides is 1. The number of halogens is 1. The fraction of sp³-hybridized carbons (Fsp3) is 0.500. The average Bonchev–Trinajstić information content (AvgIpc) is 2.39. The van der Waals surface area contributed by atoms with Gasteiger partial charge in [-0.3, -0.25) is 4.79 Å². The molecule has 98 valence electrons. The number of piperidine rings is 1. The number of hydrogen-bond donors (Lipinski definition) is 1. The maximum atomic E-state index is 12.2. The van der Waals surface area contributed by atoms with Gasteiger partial charge in [-0.2, -0.15) is 0 Å². The molecule has 3 nitrogen and oxygen atoms in total. The van der Waals surface area contributed by atoms with Gasteiger partial charge in [0.15, 0.2) is 0 Å². The van der Waals surface area contributed by atoms with Crippen LogP contribution in [0, 0.1) is 5.92 Å². The molecule has 0 aliphatic carbocycles. The Morgan fingerprint density at radius 1 is 1.44 bits per heavy atom. The van der Waals surface area contributed by atoms with Crippen molar-refractivity contribution in [3.8, 4) is 0 Å². The van der Waals surface area contributed by atoms with Gasteiger partial charge in [0.2, 0.25) is 0 Å². The van der Waals surface area contributed by atoms with Crippen LogP contribution in [-0.4, -0.2) is 37.5 Å². The Hall–Kier alpha value is -1.06. The van der Waals surface area contributed by atoms with Gasteiger partial charge in [-0.15, -0.1) is 0 Å². The number of carbonyl (C=O) groups is 1. The molecule has 0 radical (unpaired) electrons. The zero-order chi connectivity index (χ0) is 13.0. The molecule has 1 heterocycles. The number of benzene rings is 1. The molecule has 0 saturated carbocycles. The third-order valence-electron chi connectivity index (χ3n) is 3.41. The van der Waals surface area contributed by atoms with Gasteiger partial charge >= 0.3 is 0 Å². The van der Waals surface area contributed by atoms with Crippen molar-refractivity contribution >= 4 is 17.5 Å². The molecule has 1 saturated heterocycles. The zero-order valence-electron chi connectivity index (χ0n) is 10.7. The molecular formula is C14H19ClN2O. The molecule has 0 unspecified atom stereocenters. The molecule has 1 aromatic carbocycles. The molecule has 2 rings (SSSR count). The zero-order valence-corrected chi connectivity index (χ0v) is 11.4. The van der Waals surface area contributed by atoms with Gasteiger partial charge in [-0.1, -0.05) is 17.7 Å². The van der Waals surface area contributed by atoms with Crippen molar-refractivity contribution < 1.29 is 4.79 Å². The van der Waals surface area contributed by atoms with E-state index in [-0.39, 0.29) is 5.91 Å². The van der Waals surface area contributed by atoms with Crippen LogP contribution >= 0.6 is 11.6 Å². The molecule has 1 aromatic rings. The third kappa shape index (κ3) is 3.47. The Kier molecular flexibility index (Phi) is 4.61. The lowest BCUT2D eigenvalue weighted by Gasteiger charge is -2.27. The van der Waals surface area contributed by atoms with Crippen molar-refractivity contribution in [3.63, 3.8) is 0 Å². The standard InChI is InChI=1S/C14H19ClN2O/c1-17(10-11-5-7-16-8-6-11)14(18)12-3-2-4-13(15)9-12/h2-4,9,11,16H,5-8,10H2,1H3. The second kappa shape index (κ2) is 6.21. The summed E-state index contributed by atoms with van der Waals surface area (Å²) in [5.74, 6) is 0.662. The largest absolute Gasteiger partial charge is 0.341 e. The van der Waals surface area contributed by atoms with E-state index in [0.29, 0.717) is 16.5 Å². The lowest BCUT2D eigenvalue weighted by molar-refractivity contribution is 0.0763. The summed E-state index contributed by atoms with van der Waals surface area (Å²) in [7, 11) is 1.87. The lowest BCUT2D eigenvalue weighted by atomic mass is 9.97. The van der Waals surface area contributed by atoms with E-state index >= 15 is 0 Å². The quantitative estimate of drug-likeness (QED) is 0.911. The SMILES string of the molecule is CN(CC1CCNCC1)C(=O)c1cccc(Cl)c1. The van der Waals surface area contributed by atoms with Gasteiger partial charge in [0.05, 0.1) is 0 Å². The molecule has 0 aromatic heterocycles. The molecular weight excluding hydrogens is 248 g/mol. The molecule has 1 amide bonds. The van der Waals surface area contributed by atoms with Crippen LogP contribution in [0.5, 0.6) is 0 Å². The fourth-order valence-corrected chi connectivity index (χ4v) is 2.57. The molecule has 1 aliphatic heterocycles. The summed E-state index contributed by atoms with van der Waals surface area (Å²) in [4.78, 5) is 14.0. The first-order valence-corrected chi connectivity index (χ1v) is 6.76. The van der Waals surface area contributed by atoms with Crippen LogP contribution < -0.4 is 5.32 Å². The third-order valence-corrected chi connectivity index (χ3v) is 3.64.